The zero-order valence-electron chi connectivity index (χ0n) is 11.0. The van der Waals surface area contributed by atoms with Gasteiger partial charge in [0.2, 0.25) is 0 Å². The van der Waals surface area contributed by atoms with Crippen molar-refractivity contribution in [1.82, 2.24) is 0 Å². The summed E-state index contributed by atoms with van der Waals surface area (Å²) in [6.07, 6.45) is 16.5. The summed E-state index contributed by atoms with van der Waals surface area (Å²) in [6, 6.07) is 0. The van der Waals surface area contributed by atoms with Crippen LogP contribution in [-0.2, 0) is 0 Å². The molecule has 1 heteroatoms. The van der Waals surface area contributed by atoms with Crippen LogP contribution in [0.4, 0.5) is 0 Å². The molecule has 0 aliphatic heterocycles. The fraction of sp³-hybridized carbons (Fsp3) is 0.765. The third-order valence-corrected chi connectivity index (χ3v) is 6.19. The molecule has 0 aromatic carbocycles. The second-order valence-corrected chi connectivity index (χ2v) is 7.16. The summed E-state index contributed by atoms with van der Waals surface area (Å²) in [5.74, 6) is 5.59. The molecule has 2 fully saturated rings. The molecule has 7 unspecified atom stereocenters. The van der Waals surface area contributed by atoms with Crippen LogP contribution in [0.15, 0.2) is 24.3 Å². The molecule has 1 N–H and O–H groups in total. The summed E-state index contributed by atoms with van der Waals surface area (Å²) in [5.41, 5.74) is 0. The highest BCUT2D eigenvalue weighted by molar-refractivity contribution is 5.13. The third kappa shape index (κ3) is 1.71. The molecule has 4 bridgehead atoms. The van der Waals surface area contributed by atoms with Crippen LogP contribution in [-0.4, -0.2) is 11.7 Å². The van der Waals surface area contributed by atoms with Gasteiger partial charge in [0, 0.05) is 6.61 Å². The zero-order valence-corrected chi connectivity index (χ0v) is 11.0. The molecular weight excluding hydrogens is 220 g/mol. The van der Waals surface area contributed by atoms with E-state index in [9.17, 15) is 5.11 Å². The van der Waals surface area contributed by atoms with Crippen molar-refractivity contribution in [3.8, 4) is 0 Å². The molecule has 4 rings (SSSR count). The van der Waals surface area contributed by atoms with E-state index < -0.39 is 0 Å². The van der Waals surface area contributed by atoms with Crippen molar-refractivity contribution in [3.63, 3.8) is 0 Å². The summed E-state index contributed by atoms with van der Waals surface area (Å²) in [4.78, 5) is 0. The van der Waals surface area contributed by atoms with E-state index in [4.69, 9.17) is 0 Å². The van der Waals surface area contributed by atoms with Gasteiger partial charge >= 0.3 is 0 Å². The molecule has 18 heavy (non-hydrogen) atoms. The van der Waals surface area contributed by atoms with Crippen LogP contribution in [0.25, 0.3) is 0 Å². The van der Waals surface area contributed by atoms with Crippen LogP contribution < -0.4 is 0 Å². The van der Waals surface area contributed by atoms with Crippen LogP contribution >= 0.6 is 0 Å². The van der Waals surface area contributed by atoms with Crippen molar-refractivity contribution >= 4 is 0 Å². The fourth-order valence-electron chi connectivity index (χ4n) is 5.30. The van der Waals surface area contributed by atoms with Crippen LogP contribution in [0.2, 0.25) is 0 Å². The summed E-state index contributed by atoms with van der Waals surface area (Å²) in [5, 5.41) is 9.80. The molecule has 0 radical (unpaired) electrons. The van der Waals surface area contributed by atoms with Gasteiger partial charge < -0.3 is 5.11 Å². The highest BCUT2D eigenvalue weighted by Gasteiger charge is 2.43. The highest BCUT2D eigenvalue weighted by Crippen LogP contribution is 2.51. The number of aliphatic hydroxyl groups is 1. The minimum Gasteiger partial charge on any atom is -0.396 e. The van der Waals surface area contributed by atoms with Gasteiger partial charge in [-0.2, -0.15) is 0 Å². The standard InChI is InChI=1S/C17H24O/c18-10-16(17-8-12-2-4-14(17)6-12)9-15-7-11-1-3-13(15)5-11/h1-4,11-18H,5-10H2. The maximum absolute atomic E-state index is 9.80. The lowest BCUT2D eigenvalue weighted by Gasteiger charge is -2.31. The lowest BCUT2D eigenvalue weighted by molar-refractivity contribution is 0.128. The molecule has 98 valence electrons. The molecular formula is C17H24O. The lowest BCUT2D eigenvalue weighted by atomic mass is 9.75. The SMILES string of the molecule is OCC(CC1CC2C=CC1C2)C1CC2C=CC1C2. The summed E-state index contributed by atoms with van der Waals surface area (Å²) >= 11 is 0. The van der Waals surface area contributed by atoms with E-state index in [1.54, 1.807) is 0 Å². The molecule has 0 amide bonds. The largest absolute Gasteiger partial charge is 0.396 e. The van der Waals surface area contributed by atoms with Gasteiger partial charge in [0.1, 0.15) is 0 Å². The molecule has 4 aliphatic rings. The predicted molar refractivity (Wildman–Crippen MR) is 72.9 cm³/mol. The summed E-state index contributed by atoms with van der Waals surface area (Å²) in [7, 11) is 0. The summed E-state index contributed by atoms with van der Waals surface area (Å²) in [6.45, 7) is 0.416. The van der Waals surface area contributed by atoms with Crippen LogP contribution in [0.5, 0.6) is 0 Å². The molecule has 4 aliphatic carbocycles. The molecule has 0 heterocycles. The monoisotopic (exact) mass is 244 g/mol. The van der Waals surface area contributed by atoms with Gasteiger partial charge in [-0.3, -0.25) is 0 Å². The molecule has 0 aromatic rings. The minimum atomic E-state index is 0.416. The quantitative estimate of drug-likeness (QED) is 0.751. The maximum Gasteiger partial charge on any atom is 0.0462 e. The lowest BCUT2D eigenvalue weighted by Crippen LogP contribution is -2.26. The Morgan fingerprint density at radius 3 is 2.11 bits per heavy atom. The van der Waals surface area contributed by atoms with E-state index in [1.165, 1.54) is 32.1 Å². The second kappa shape index (κ2) is 4.23. The number of fused-ring (bicyclic) bond motifs is 4. The third-order valence-electron chi connectivity index (χ3n) is 6.19. The molecule has 7 atom stereocenters. The van der Waals surface area contributed by atoms with E-state index in [1.807, 2.05) is 0 Å². The Bertz CT molecular complexity index is 383. The molecule has 2 saturated carbocycles. The smallest absolute Gasteiger partial charge is 0.0462 e. The highest BCUT2D eigenvalue weighted by atomic mass is 16.3. The normalized spacial score (nSPS) is 49.4. The average Bonchev–Trinajstić information content (AvgIpc) is 3.14. The first-order valence-corrected chi connectivity index (χ1v) is 7.81. The van der Waals surface area contributed by atoms with E-state index in [0.29, 0.717) is 12.5 Å². The van der Waals surface area contributed by atoms with Crippen molar-refractivity contribution < 1.29 is 5.11 Å². The fourth-order valence-corrected chi connectivity index (χ4v) is 5.30. The Hall–Kier alpha value is -0.560. The van der Waals surface area contributed by atoms with Crippen molar-refractivity contribution in [2.75, 3.05) is 6.61 Å². The topological polar surface area (TPSA) is 20.2 Å². The molecule has 0 spiro atoms. The average molecular weight is 244 g/mol. The number of hydrogen-bond donors (Lipinski definition) is 1. The Kier molecular flexibility index (Phi) is 2.65. The molecule has 0 aromatic heterocycles. The maximum atomic E-state index is 9.80. The van der Waals surface area contributed by atoms with Gasteiger partial charge in [-0.1, -0.05) is 24.3 Å². The molecule has 0 saturated heterocycles. The Balaban J connectivity index is 1.43. The number of rotatable bonds is 4. The first kappa shape index (κ1) is 11.3. The first-order chi connectivity index (χ1) is 8.83. The van der Waals surface area contributed by atoms with Crippen molar-refractivity contribution in [2.45, 2.75) is 32.1 Å². The zero-order chi connectivity index (χ0) is 12.1. The Labute approximate surface area is 110 Å². The van der Waals surface area contributed by atoms with Crippen molar-refractivity contribution in [2.24, 2.45) is 41.4 Å². The van der Waals surface area contributed by atoms with Gasteiger partial charge in [0.15, 0.2) is 0 Å². The number of aliphatic hydroxyl groups excluding tert-OH is 1. The van der Waals surface area contributed by atoms with Crippen LogP contribution in [0, 0.1) is 41.4 Å². The van der Waals surface area contributed by atoms with Gasteiger partial charge in [0.25, 0.3) is 0 Å². The van der Waals surface area contributed by atoms with Gasteiger partial charge in [-0.15, -0.1) is 0 Å². The Morgan fingerprint density at radius 1 is 0.889 bits per heavy atom. The second-order valence-electron chi connectivity index (χ2n) is 7.16. The predicted octanol–water partition coefficient (Wildman–Crippen LogP) is 3.41. The van der Waals surface area contributed by atoms with Gasteiger partial charge in [0.05, 0.1) is 0 Å². The van der Waals surface area contributed by atoms with Crippen LogP contribution in [0.3, 0.4) is 0 Å². The number of hydrogen-bond acceptors (Lipinski definition) is 1. The van der Waals surface area contributed by atoms with E-state index in [0.717, 1.165) is 35.5 Å². The van der Waals surface area contributed by atoms with Crippen LogP contribution in [0.1, 0.15) is 32.1 Å². The van der Waals surface area contributed by atoms with Crippen molar-refractivity contribution in [1.29, 1.82) is 0 Å². The van der Waals surface area contributed by atoms with Gasteiger partial charge in [-0.05, 0) is 73.5 Å². The summed E-state index contributed by atoms with van der Waals surface area (Å²) < 4.78 is 0. The van der Waals surface area contributed by atoms with E-state index in [-0.39, 0.29) is 0 Å². The molecule has 1 nitrogen and oxygen atoms in total. The van der Waals surface area contributed by atoms with E-state index >= 15 is 0 Å². The minimum absolute atomic E-state index is 0.416. The number of allylic oxidation sites excluding steroid dienone is 4. The van der Waals surface area contributed by atoms with Crippen molar-refractivity contribution in [3.05, 3.63) is 24.3 Å². The first-order valence-electron chi connectivity index (χ1n) is 7.81. The van der Waals surface area contributed by atoms with E-state index in [2.05, 4.69) is 24.3 Å². The Morgan fingerprint density at radius 2 is 1.61 bits per heavy atom. The van der Waals surface area contributed by atoms with Gasteiger partial charge in [-0.25, -0.2) is 0 Å².